The highest BCUT2D eigenvalue weighted by Crippen LogP contribution is 2.38. The van der Waals surface area contributed by atoms with Crippen LogP contribution in [0.1, 0.15) is 16.6 Å². The number of carbonyl (C=O) groups excluding carboxylic acids is 1. The number of aliphatic hydroxyl groups is 1. The van der Waals surface area contributed by atoms with E-state index in [1.807, 2.05) is 13.0 Å². The van der Waals surface area contributed by atoms with Gasteiger partial charge >= 0.3 is 0 Å². The van der Waals surface area contributed by atoms with Crippen molar-refractivity contribution in [1.29, 1.82) is 0 Å². The second-order valence-corrected chi connectivity index (χ2v) is 6.25. The second-order valence-electron chi connectivity index (χ2n) is 5.22. The Morgan fingerprint density at radius 1 is 1.44 bits per heavy atom. The maximum absolute atomic E-state index is 11.4. The fourth-order valence-electron chi connectivity index (χ4n) is 2.13. The van der Waals surface area contributed by atoms with Crippen LogP contribution in [-0.2, 0) is 4.74 Å². The van der Waals surface area contributed by atoms with Gasteiger partial charge in [0, 0.05) is 12.2 Å². The van der Waals surface area contributed by atoms with Gasteiger partial charge in [-0.15, -0.1) is 11.3 Å². The molecule has 9 heteroatoms. The number of methoxy groups -OCH3 is 1. The van der Waals surface area contributed by atoms with E-state index in [9.17, 15) is 4.79 Å². The van der Waals surface area contributed by atoms with Gasteiger partial charge in [0.05, 0.1) is 36.0 Å². The number of nitrogens with zero attached hydrogens (tertiary/aromatic N) is 3. The first-order valence-electron chi connectivity index (χ1n) is 8.06. The summed E-state index contributed by atoms with van der Waals surface area (Å²) in [7, 11) is 1.57. The van der Waals surface area contributed by atoms with Crippen molar-refractivity contribution in [2.45, 2.75) is 6.92 Å². The number of carbonyl (C=O) groups is 1. The maximum atomic E-state index is 11.4. The molecule has 0 aliphatic heterocycles. The van der Waals surface area contributed by atoms with Crippen LogP contribution in [0, 0.1) is 0 Å². The van der Waals surface area contributed by atoms with Gasteiger partial charge in [-0.2, -0.15) is 0 Å². The van der Waals surface area contributed by atoms with E-state index in [1.54, 1.807) is 19.3 Å². The van der Waals surface area contributed by atoms with E-state index >= 15 is 0 Å². The minimum Gasteiger partial charge on any atom is -0.497 e. The second kappa shape index (κ2) is 10.2. The predicted molar refractivity (Wildman–Crippen MR) is 109 cm³/mol. The number of aliphatic hydroxyl groups excluding tert-OH is 1. The van der Waals surface area contributed by atoms with Crippen molar-refractivity contribution in [3.05, 3.63) is 47.5 Å². The van der Waals surface area contributed by atoms with Crippen LogP contribution < -0.4 is 10.6 Å². The Labute approximate surface area is 161 Å². The number of allylic oxidation sites excluding steroid dienone is 4. The first kappa shape index (κ1) is 20.3. The van der Waals surface area contributed by atoms with Crippen molar-refractivity contribution in [1.82, 2.24) is 15.3 Å². The topological polar surface area (TPSA) is 109 Å². The molecule has 0 aliphatic rings. The number of fused-ring (bicyclic) bond motifs is 1. The van der Waals surface area contributed by atoms with E-state index in [-0.39, 0.29) is 6.61 Å². The SMILES string of the molecule is C=C/C(=C\C=C(/C)NC=Nc1c(C=O)sc2ncnc(NCCO)c12)OC. The maximum Gasteiger partial charge on any atom is 0.162 e. The molecular formula is C18H21N5O3S. The normalized spacial score (nSPS) is 12.4. The fraction of sp³-hybridized carbons (Fsp3) is 0.222. The quantitative estimate of drug-likeness (QED) is 0.189. The van der Waals surface area contributed by atoms with Gasteiger partial charge < -0.3 is 20.5 Å². The van der Waals surface area contributed by atoms with Gasteiger partial charge in [-0.25, -0.2) is 15.0 Å². The first-order chi connectivity index (χ1) is 13.1. The van der Waals surface area contributed by atoms with Crippen LogP contribution in [0.2, 0.25) is 0 Å². The highest BCUT2D eigenvalue weighted by atomic mass is 32.1. The molecule has 0 aliphatic carbocycles. The van der Waals surface area contributed by atoms with Crippen LogP contribution in [0.25, 0.3) is 10.2 Å². The molecule has 142 valence electrons. The summed E-state index contributed by atoms with van der Waals surface area (Å²) >= 11 is 1.24. The van der Waals surface area contributed by atoms with Crippen molar-refractivity contribution in [2.24, 2.45) is 4.99 Å². The van der Waals surface area contributed by atoms with Crippen LogP contribution in [0.5, 0.6) is 0 Å². The molecule has 8 nitrogen and oxygen atoms in total. The Kier molecular flexibility index (Phi) is 7.65. The molecule has 0 atom stereocenters. The molecule has 0 bridgehead atoms. The molecular weight excluding hydrogens is 366 g/mol. The van der Waals surface area contributed by atoms with E-state index < -0.39 is 0 Å². The average Bonchev–Trinajstić information content (AvgIpc) is 3.05. The van der Waals surface area contributed by atoms with Crippen molar-refractivity contribution < 1.29 is 14.6 Å². The van der Waals surface area contributed by atoms with Crippen molar-refractivity contribution in [3.8, 4) is 0 Å². The van der Waals surface area contributed by atoms with E-state index in [4.69, 9.17) is 9.84 Å². The molecule has 0 saturated carbocycles. The van der Waals surface area contributed by atoms with Gasteiger partial charge in [-0.1, -0.05) is 6.58 Å². The minimum atomic E-state index is -0.0397. The average molecular weight is 387 g/mol. The van der Waals surface area contributed by atoms with Crippen LogP contribution in [-0.4, -0.2) is 48.0 Å². The summed E-state index contributed by atoms with van der Waals surface area (Å²) < 4.78 is 5.10. The van der Waals surface area contributed by atoms with Crippen molar-refractivity contribution in [3.63, 3.8) is 0 Å². The van der Waals surface area contributed by atoms with E-state index in [2.05, 4.69) is 32.2 Å². The number of hydrogen-bond donors (Lipinski definition) is 3. The molecule has 2 aromatic rings. The molecule has 0 amide bonds. The zero-order chi connectivity index (χ0) is 19.6. The summed E-state index contributed by atoms with van der Waals surface area (Å²) in [6.45, 7) is 5.81. The molecule has 0 fully saturated rings. The molecule has 0 spiro atoms. The lowest BCUT2D eigenvalue weighted by molar-refractivity contribution is 0.112. The summed E-state index contributed by atoms with van der Waals surface area (Å²) in [4.78, 5) is 25.3. The molecule has 2 aromatic heterocycles. The van der Waals surface area contributed by atoms with Gasteiger partial charge in [0.25, 0.3) is 0 Å². The summed E-state index contributed by atoms with van der Waals surface area (Å²) in [5, 5.41) is 15.7. The molecule has 27 heavy (non-hydrogen) atoms. The van der Waals surface area contributed by atoms with Crippen LogP contribution in [0.15, 0.2) is 47.6 Å². The lowest BCUT2D eigenvalue weighted by Gasteiger charge is -2.05. The Balaban J connectivity index is 2.30. The summed E-state index contributed by atoms with van der Waals surface area (Å²) in [6, 6.07) is 0. The number of thiophene rings is 1. The summed E-state index contributed by atoms with van der Waals surface area (Å²) in [6.07, 6.45) is 8.84. The lowest BCUT2D eigenvalue weighted by Crippen LogP contribution is -2.08. The van der Waals surface area contributed by atoms with Crippen molar-refractivity contribution >= 4 is 45.7 Å². The minimum absolute atomic E-state index is 0.0397. The number of rotatable bonds is 10. The lowest BCUT2D eigenvalue weighted by atomic mass is 10.3. The molecule has 0 unspecified atom stereocenters. The third kappa shape index (κ3) is 5.22. The standard InChI is InChI=1S/C18H21N5O3S/c1-4-13(26-3)6-5-12(2)20-10-21-16-14(9-25)27-18-15(16)17(19-7-8-24)22-11-23-18/h4-6,9-11,24H,1,7-8H2,2-3H3,(H,20,21)(H,19,22,23)/b12-5+,13-6+. The van der Waals surface area contributed by atoms with Gasteiger partial charge in [-0.3, -0.25) is 4.79 Å². The van der Waals surface area contributed by atoms with Crippen molar-refractivity contribution in [2.75, 3.05) is 25.6 Å². The van der Waals surface area contributed by atoms with Gasteiger partial charge in [0.15, 0.2) is 6.29 Å². The third-order valence-electron chi connectivity index (χ3n) is 3.42. The smallest absolute Gasteiger partial charge is 0.162 e. The highest BCUT2D eigenvalue weighted by Gasteiger charge is 2.16. The van der Waals surface area contributed by atoms with E-state index in [0.29, 0.717) is 38.9 Å². The Hall–Kier alpha value is -3.04. The highest BCUT2D eigenvalue weighted by molar-refractivity contribution is 7.21. The number of hydrogen-bond acceptors (Lipinski definition) is 8. The molecule has 2 rings (SSSR count). The van der Waals surface area contributed by atoms with E-state index in [0.717, 1.165) is 12.0 Å². The number of aromatic nitrogens is 2. The summed E-state index contributed by atoms with van der Waals surface area (Å²) in [5.41, 5.74) is 1.29. The zero-order valence-corrected chi connectivity index (χ0v) is 15.9. The number of aldehydes is 1. The number of aliphatic imine (C=N–C) groups is 1. The third-order valence-corrected chi connectivity index (χ3v) is 4.43. The molecule has 0 radical (unpaired) electrons. The Bertz CT molecular complexity index is 902. The van der Waals surface area contributed by atoms with Crippen LogP contribution >= 0.6 is 11.3 Å². The monoisotopic (exact) mass is 387 g/mol. The number of anilines is 1. The van der Waals surface area contributed by atoms with Crippen LogP contribution in [0.4, 0.5) is 11.5 Å². The fourth-order valence-corrected chi connectivity index (χ4v) is 3.03. The van der Waals surface area contributed by atoms with Gasteiger partial charge in [-0.05, 0) is 25.2 Å². The molecule has 2 heterocycles. The number of nitrogens with one attached hydrogen (secondary N) is 2. The zero-order valence-electron chi connectivity index (χ0n) is 15.1. The predicted octanol–water partition coefficient (Wildman–Crippen LogP) is 2.78. The molecule has 0 aromatic carbocycles. The Morgan fingerprint density at radius 2 is 2.26 bits per heavy atom. The molecule has 0 saturated heterocycles. The van der Waals surface area contributed by atoms with E-state index in [1.165, 1.54) is 24.0 Å². The number of ether oxygens (including phenoxy) is 1. The van der Waals surface area contributed by atoms with Crippen LogP contribution in [0.3, 0.4) is 0 Å². The van der Waals surface area contributed by atoms with Gasteiger partial charge in [0.2, 0.25) is 0 Å². The largest absolute Gasteiger partial charge is 0.497 e. The Morgan fingerprint density at radius 3 is 2.93 bits per heavy atom. The van der Waals surface area contributed by atoms with Gasteiger partial charge in [0.1, 0.15) is 22.7 Å². The molecule has 3 N–H and O–H groups in total. The first-order valence-corrected chi connectivity index (χ1v) is 8.87. The summed E-state index contributed by atoms with van der Waals surface area (Å²) in [5.74, 6) is 1.16.